The quantitative estimate of drug-likeness (QED) is 0.578. The molecule has 1 N–H and O–H groups in total. The predicted octanol–water partition coefficient (Wildman–Crippen LogP) is 4.24. The summed E-state index contributed by atoms with van der Waals surface area (Å²) < 4.78 is 11.2. The molecule has 0 bridgehead atoms. The molecule has 0 atom stereocenters. The molecule has 1 aliphatic rings. The smallest absolute Gasteiger partial charge is 0.238 e. The Morgan fingerprint density at radius 1 is 0.812 bits per heavy atom. The third-order valence-electron chi connectivity index (χ3n) is 5.53. The van der Waals surface area contributed by atoms with E-state index in [1.165, 1.54) is 5.56 Å². The lowest BCUT2D eigenvalue weighted by Gasteiger charge is -2.34. The molecule has 3 aromatic rings. The number of amides is 1. The first-order valence-corrected chi connectivity index (χ1v) is 10.9. The van der Waals surface area contributed by atoms with Crippen LogP contribution in [0.2, 0.25) is 0 Å². The van der Waals surface area contributed by atoms with Gasteiger partial charge < -0.3 is 14.8 Å². The third-order valence-corrected chi connectivity index (χ3v) is 5.53. The number of piperazine rings is 1. The van der Waals surface area contributed by atoms with Crippen molar-refractivity contribution in [2.75, 3.05) is 45.2 Å². The highest BCUT2D eigenvalue weighted by Crippen LogP contribution is 2.29. The zero-order chi connectivity index (χ0) is 22.2. The van der Waals surface area contributed by atoms with Crippen LogP contribution in [0.5, 0.6) is 17.2 Å². The molecule has 6 heteroatoms. The maximum Gasteiger partial charge on any atom is 0.238 e. The molecule has 0 radical (unpaired) electrons. The molecule has 1 aliphatic heterocycles. The van der Waals surface area contributed by atoms with Gasteiger partial charge in [0.25, 0.3) is 0 Å². The van der Waals surface area contributed by atoms with E-state index >= 15 is 0 Å². The molecule has 1 amide bonds. The van der Waals surface area contributed by atoms with Crippen LogP contribution in [-0.4, -0.2) is 55.5 Å². The van der Waals surface area contributed by atoms with Crippen LogP contribution in [0.1, 0.15) is 5.56 Å². The fourth-order valence-electron chi connectivity index (χ4n) is 3.76. The molecule has 0 unspecified atom stereocenters. The summed E-state index contributed by atoms with van der Waals surface area (Å²) in [6, 6.07) is 25.3. The van der Waals surface area contributed by atoms with E-state index in [4.69, 9.17) is 9.47 Å². The lowest BCUT2D eigenvalue weighted by molar-refractivity contribution is -0.117. The second-order valence-corrected chi connectivity index (χ2v) is 7.86. The van der Waals surface area contributed by atoms with Gasteiger partial charge in [-0.05, 0) is 42.0 Å². The van der Waals surface area contributed by atoms with Crippen molar-refractivity contribution in [2.24, 2.45) is 0 Å². The minimum absolute atomic E-state index is 0.0299. The van der Waals surface area contributed by atoms with Crippen LogP contribution in [0.3, 0.4) is 0 Å². The number of hydrogen-bond donors (Lipinski definition) is 1. The average Bonchev–Trinajstić information content (AvgIpc) is 2.83. The van der Waals surface area contributed by atoms with Gasteiger partial charge in [0.2, 0.25) is 5.91 Å². The average molecular weight is 432 g/mol. The van der Waals surface area contributed by atoms with Gasteiger partial charge in [-0.3, -0.25) is 14.6 Å². The molecule has 32 heavy (non-hydrogen) atoms. The van der Waals surface area contributed by atoms with Crippen LogP contribution < -0.4 is 14.8 Å². The Kier molecular flexibility index (Phi) is 7.38. The lowest BCUT2D eigenvalue weighted by atomic mass is 10.2. The number of hydrogen-bond acceptors (Lipinski definition) is 5. The van der Waals surface area contributed by atoms with E-state index in [0.717, 1.165) is 44.2 Å². The molecule has 1 fully saturated rings. The molecule has 6 nitrogen and oxygen atoms in total. The molecular formula is C26H29N3O3. The summed E-state index contributed by atoms with van der Waals surface area (Å²) in [5, 5.41) is 3.01. The van der Waals surface area contributed by atoms with Gasteiger partial charge in [0.1, 0.15) is 11.5 Å². The minimum Gasteiger partial charge on any atom is -0.497 e. The Morgan fingerprint density at radius 2 is 1.47 bits per heavy atom. The van der Waals surface area contributed by atoms with Crippen molar-refractivity contribution in [3.05, 3.63) is 84.4 Å². The third kappa shape index (κ3) is 6.09. The van der Waals surface area contributed by atoms with Gasteiger partial charge in [0.15, 0.2) is 5.75 Å². The van der Waals surface area contributed by atoms with Crippen molar-refractivity contribution in [3.63, 3.8) is 0 Å². The molecule has 1 saturated heterocycles. The van der Waals surface area contributed by atoms with Crippen molar-refractivity contribution in [1.29, 1.82) is 0 Å². The summed E-state index contributed by atoms with van der Waals surface area (Å²) in [5.74, 6) is 2.22. The number of nitrogens with zero attached hydrogens (tertiary/aromatic N) is 2. The van der Waals surface area contributed by atoms with Crippen molar-refractivity contribution >= 4 is 11.6 Å². The van der Waals surface area contributed by atoms with E-state index in [-0.39, 0.29) is 5.91 Å². The van der Waals surface area contributed by atoms with E-state index in [1.807, 2.05) is 66.7 Å². The SMILES string of the molecule is COc1ccc(CN2CCN(CC(=O)Nc3ccccc3Oc3ccccc3)CC2)cc1. The Bertz CT molecular complexity index is 1000. The largest absolute Gasteiger partial charge is 0.497 e. The minimum atomic E-state index is -0.0299. The molecule has 166 valence electrons. The first-order valence-electron chi connectivity index (χ1n) is 10.9. The fourth-order valence-corrected chi connectivity index (χ4v) is 3.76. The first-order chi connectivity index (χ1) is 15.7. The molecular weight excluding hydrogens is 402 g/mol. The van der Waals surface area contributed by atoms with E-state index in [2.05, 4.69) is 27.2 Å². The number of ether oxygens (including phenoxy) is 2. The summed E-state index contributed by atoms with van der Waals surface area (Å²) in [6.45, 7) is 4.89. The Morgan fingerprint density at radius 3 is 2.19 bits per heavy atom. The first kappa shape index (κ1) is 21.9. The zero-order valence-corrected chi connectivity index (χ0v) is 18.4. The number of anilines is 1. The molecule has 3 aromatic carbocycles. The molecule has 1 heterocycles. The second kappa shape index (κ2) is 10.8. The van der Waals surface area contributed by atoms with E-state index in [9.17, 15) is 4.79 Å². The summed E-state index contributed by atoms with van der Waals surface area (Å²) in [6.07, 6.45) is 0. The number of carbonyl (C=O) groups is 1. The van der Waals surface area contributed by atoms with Crippen LogP contribution >= 0.6 is 0 Å². The summed E-state index contributed by atoms with van der Waals surface area (Å²) >= 11 is 0. The Balaban J connectivity index is 1.26. The highest BCUT2D eigenvalue weighted by Gasteiger charge is 2.19. The number of para-hydroxylation sites is 3. The highest BCUT2D eigenvalue weighted by atomic mass is 16.5. The van der Waals surface area contributed by atoms with Crippen LogP contribution in [0, 0.1) is 0 Å². The van der Waals surface area contributed by atoms with Gasteiger partial charge in [0.05, 0.1) is 19.3 Å². The van der Waals surface area contributed by atoms with Gasteiger partial charge in [-0.2, -0.15) is 0 Å². The number of rotatable bonds is 8. The fraction of sp³-hybridized carbons (Fsp3) is 0.269. The standard InChI is InChI=1S/C26H29N3O3/c1-31-22-13-11-21(12-14-22)19-28-15-17-29(18-16-28)20-26(30)27-24-9-5-6-10-25(24)32-23-7-3-2-4-8-23/h2-14H,15-20H2,1H3,(H,27,30). The lowest BCUT2D eigenvalue weighted by Crippen LogP contribution is -2.48. The van der Waals surface area contributed by atoms with Gasteiger partial charge in [0, 0.05) is 32.7 Å². The van der Waals surface area contributed by atoms with Gasteiger partial charge in [-0.1, -0.05) is 42.5 Å². The van der Waals surface area contributed by atoms with Crippen molar-refractivity contribution in [1.82, 2.24) is 9.80 Å². The molecule has 0 aromatic heterocycles. The highest BCUT2D eigenvalue weighted by molar-refractivity contribution is 5.93. The van der Waals surface area contributed by atoms with Crippen molar-refractivity contribution in [2.45, 2.75) is 6.54 Å². The summed E-state index contributed by atoms with van der Waals surface area (Å²) in [7, 11) is 1.68. The molecule has 4 rings (SSSR count). The van der Waals surface area contributed by atoms with Crippen molar-refractivity contribution < 1.29 is 14.3 Å². The monoisotopic (exact) mass is 431 g/mol. The molecule has 0 spiro atoms. The van der Waals surface area contributed by atoms with Crippen LogP contribution in [-0.2, 0) is 11.3 Å². The topological polar surface area (TPSA) is 54.0 Å². The van der Waals surface area contributed by atoms with E-state index in [0.29, 0.717) is 18.0 Å². The van der Waals surface area contributed by atoms with Crippen LogP contribution in [0.15, 0.2) is 78.9 Å². The maximum atomic E-state index is 12.7. The number of carbonyl (C=O) groups excluding carboxylic acids is 1. The van der Waals surface area contributed by atoms with Gasteiger partial charge in [-0.25, -0.2) is 0 Å². The normalized spacial score (nSPS) is 14.7. The number of nitrogens with one attached hydrogen (secondary N) is 1. The Labute approximate surface area is 189 Å². The van der Waals surface area contributed by atoms with Gasteiger partial charge in [-0.15, -0.1) is 0 Å². The predicted molar refractivity (Wildman–Crippen MR) is 126 cm³/mol. The maximum absolute atomic E-state index is 12.7. The van der Waals surface area contributed by atoms with E-state index in [1.54, 1.807) is 7.11 Å². The zero-order valence-electron chi connectivity index (χ0n) is 18.4. The molecule has 0 saturated carbocycles. The number of methoxy groups -OCH3 is 1. The number of benzene rings is 3. The van der Waals surface area contributed by atoms with Crippen LogP contribution in [0.25, 0.3) is 0 Å². The van der Waals surface area contributed by atoms with Crippen molar-refractivity contribution in [3.8, 4) is 17.2 Å². The van der Waals surface area contributed by atoms with E-state index < -0.39 is 0 Å². The summed E-state index contributed by atoms with van der Waals surface area (Å²) in [4.78, 5) is 17.3. The second-order valence-electron chi connectivity index (χ2n) is 7.86. The summed E-state index contributed by atoms with van der Waals surface area (Å²) in [5.41, 5.74) is 1.95. The molecule has 0 aliphatic carbocycles. The Hall–Kier alpha value is -3.35. The van der Waals surface area contributed by atoms with Crippen LogP contribution in [0.4, 0.5) is 5.69 Å². The van der Waals surface area contributed by atoms with Gasteiger partial charge >= 0.3 is 0 Å².